The number of allylic oxidation sites excluding steroid dienone is 1. The van der Waals surface area contributed by atoms with E-state index in [0.717, 1.165) is 99.7 Å². The van der Waals surface area contributed by atoms with Crippen LogP contribution in [-0.2, 0) is 0 Å². The van der Waals surface area contributed by atoms with E-state index in [0.29, 0.717) is 43.9 Å². The van der Waals surface area contributed by atoms with E-state index >= 15 is 0 Å². The van der Waals surface area contributed by atoms with E-state index in [1.807, 2.05) is 6.07 Å². The van der Waals surface area contributed by atoms with Gasteiger partial charge in [-0.2, -0.15) is 0 Å². The number of aromatic carboxylic acids is 1. The van der Waals surface area contributed by atoms with Crippen molar-refractivity contribution < 1.29 is 19.2 Å². The smallest absolute Gasteiger partial charge is 0.354 e. The molecule has 3 saturated carbocycles. The van der Waals surface area contributed by atoms with E-state index in [-0.39, 0.29) is 11.8 Å². The summed E-state index contributed by atoms with van der Waals surface area (Å²) >= 11 is 13.0. The number of hydrogen-bond acceptors (Lipinski definition) is 7. The minimum Gasteiger partial charge on any atom is -0.490 e. The fourth-order valence-electron chi connectivity index (χ4n) is 7.49. The maximum Gasteiger partial charge on any atom is 0.354 e. The number of halogens is 2. The van der Waals surface area contributed by atoms with Crippen molar-refractivity contribution in [3.05, 3.63) is 69.3 Å². The molecule has 0 amide bonds. The summed E-state index contributed by atoms with van der Waals surface area (Å²) in [4.78, 5) is 22.7. The second-order valence-corrected chi connectivity index (χ2v) is 14.1. The molecule has 4 fully saturated rings. The zero-order valence-corrected chi connectivity index (χ0v) is 26.4. The van der Waals surface area contributed by atoms with Crippen LogP contribution in [0.15, 0.2) is 46.8 Å². The fraction of sp³-hybridized carbons (Fsp3) is 0.429. The van der Waals surface area contributed by atoms with Gasteiger partial charge < -0.3 is 19.3 Å². The van der Waals surface area contributed by atoms with E-state index < -0.39 is 5.97 Å². The molecule has 1 aliphatic heterocycles. The maximum atomic E-state index is 11.8. The number of pyridine rings is 2. The molecule has 3 aliphatic carbocycles. The van der Waals surface area contributed by atoms with Crippen molar-refractivity contribution in [1.82, 2.24) is 15.1 Å². The first kappa shape index (κ1) is 28.8. The number of piperidine rings is 1. The van der Waals surface area contributed by atoms with Gasteiger partial charge in [-0.15, -0.1) is 0 Å². The van der Waals surface area contributed by atoms with Crippen LogP contribution in [0.25, 0.3) is 28.2 Å². The Balaban J connectivity index is 0.997. The van der Waals surface area contributed by atoms with Crippen LogP contribution in [0.5, 0.6) is 5.75 Å². The predicted molar refractivity (Wildman–Crippen MR) is 174 cm³/mol. The Morgan fingerprint density at radius 2 is 1.78 bits per heavy atom. The van der Waals surface area contributed by atoms with Gasteiger partial charge in [0.05, 0.1) is 21.7 Å². The topological polar surface area (TPSA) is 102 Å². The van der Waals surface area contributed by atoms with Gasteiger partial charge in [0.1, 0.15) is 17.2 Å². The van der Waals surface area contributed by atoms with Crippen LogP contribution in [0.4, 0.5) is 5.69 Å². The lowest BCUT2D eigenvalue weighted by Gasteiger charge is -2.50. The SMILES string of the molecule is O=C(O)c1cc(OC2CCCC2)c2cc(N3CCC4(CC3)CC(=Cc3c(-c5c(Cl)cncc5Cl)noc3C3CC3)C4)ccc2n1. The second kappa shape index (κ2) is 11.3. The van der Waals surface area contributed by atoms with Gasteiger partial charge >= 0.3 is 5.97 Å². The molecule has 45 heavy (non-hydrogen) atoms. The van der Waals surface area contributed by atoms with Crippen molar-refractivity contribution >= 4 is 51.8 Å². The highest BCUT2D eigenvalue weighted by Gasteiger charge is 2.43. The average molecular weight is 646 g/mol. The molecule has 0 radical (unpaired) electrons. The third-order valence-corrected chi connectivity index (χ3v) is 10.7. The number of carboxylic acids is 1. The van der Waals surface area contributed by atoms with Gasteiger partial charge in [0.15, 0.2) is 5.69 Å². The summed E-state index contributed by atoms with van der Waals surface area (Å²) in [5, 5.41) is 15.9. The van der Waals surface area contributed by atoms with Gasteiger partial charge in [0.2, 0.25) is 0 Å². The Labute approximate surface area is 271 Å². The van der Waals surface area contributed by atoms with Crippen molar-refractivity contribution in [3.63, 3.8) is 0 Å². The highest BCUT2D eigenvalue weighted by molar-refractivity contribution is 6.39. The number of anilines is 1. The monoisotopic (exact) mass is 644 g/mol. The molecule has 8 nitrogen and oxygen atoms in total. The lowest BCUT2D eigenvalue weighted by Crippen LogP contribution is -2.44. The molecule has 1 aromatic carbocycles. The minimum atomic E-state index is -1.04. The number of carbonyl (C=O) groups is 1. The molecule has 4 aliphatic rings. The largest absolute Gasteiger partial charge is 0.490 e. The number of benzene rings is 1. The first-order chi connectivity index (χ1) is 21.9. The Hall–Kier alpha value is -3.62. The molecule has 0 bridgehead atoms. The highest BCUT2D eigenvalue weighted by Crippen LogP contribution is 2.55. The molecule has 8 rings (SSSR count). The average Bonchev–Trinajstić information content (AvgIpc) is 3.58. The van der Waals surface area contributed by atoms with Crippen LogP contribution in [-0.4, -0.2) is 45.4 Å². The summed E-state index contributed by atoms with van der Waals surface area (Å²) in [6.45, 7) is 1.93. The van der Waals surface area contributed by atoms with Gasteiger partial charge in [-0.3, -0.25) is 4.98 Å². The zero-order valence-electron chi connectivity index (χ0n) is 24.9. The van der Waals surface area contributed by atoms with Crippen LogP contribution in [0.2, 0.25) is 10.0 Å². The number of fused-ring (bicyclic) bond motifs is 1. The van der Waals surface area contributed by atoms with Crippen molar-refractivity contribution in [2.75, 3.05) is 18.0 Å². The number of carboxylic acid groups (broad SMARTS) is 1. The van der Waals surface area contributed by atoms with Crippen molar-refractivity contribution in [2.45, 2.75) is 76.2 Å². The van der Waals surface area contributed by atoms with Crippen molar-refractivity contribution in [3.8, 4) is 17.0 Å². The summed E-state index contributed by atoms with van der Waals surface area (Å²) in [6, 6.07) is 7.71. The molecule has 1 N–H and O–H groups in total. The van der Waals surface area contributed by atoms with Gasteiger partial charge in [-0.1, -0.05) is 33.9 Å². The minimum absolute atomic E-state index is 0.0200. The number of hydrogen-bond donors (Lipinski definition) is 1. The highest BCUT2D eigenvalue weighted by atomic mass is 35.5. The first-order valence-electron chi connectivity index (χ1n) is 15.9. The van der Waals surface area contributed by atoms with Gasteiger partial charge in [-0.05, 0) is 93.9 Å². The zero-order chi connectivity index (χ0) is 30.7. The summed E-state index contributed by atoms with van der Waals surface area (Å²) in [5.41, 5.74) is 5.92. The van der Waals surface area contributed by atoms with Crippen LogP contribution >= 0.6 is 23.2 Å². The molecule has 0 atom stereocenters. The van der Waals surface area contributed by atoms with Crippen molar-refractivity contribution in [2.24, 2.45) is 5.41 Å². The standard InChI is InChI=1S/C35H34Cl2N4O4/c36-26-18-38-19-27(37)31(26)32-25(33(45-40-32)21-5-6-21)13-20-16-35(17-20)9-11-41(12-10-35)22-7-8-28-24(14-22)30(15-29(39-28)34(42)43)44-23-3-1-2-4-23/h7-8,13-15,18-19,21,23H,1-6,9-12,16-17H2,(H,42,43). The quantitative estimate of drug-likeness (QED) is 0.213. The van der Waals surface area contributed by atoms with Gasteiger partial charge in [0.25, 0.3) is 0 Å². The van der Waals surface area contributed by atoms with E-state index in [2.05, 4.69) is 38.2 Å². The molecule has 3 aromatic heterocycles. The summed E-state index contributed by atoms with van der Waals surface area (Å²) in [7, 11) is 0. The molecule has 232 valence electrons. The van der Waals surface area contributed by atoms with Crippen molar-refractivity contribution in [1.29, 1.82) is 0 Å². The third-order valence-electron chi connectivity index (χ3n) is 10.1. The summed E-state index contributed by atoms with van der Waals surface area (Å²) in [5.74, 6) is 0.935. The van der Waals surface area contributed by atoms with Crippen LogP contribution in [0.3, 0.4) is 0 Å². The molecule has 0 unspecified atom stereocenters. The van der Waals surface area contributed by atoms with E-state index in [4.69, 9.17) is 32.5 Å². The van der Waals surface area contributed by atoms with E-state index in [1.165, 1.54) is 5.57 Å². The number of aromatic nitrogens is 3. The number of rotatable bonds is 7. The Morgan fingerprint density at radius 1 is 1.04 bits per heavy atom. The lowest BCUT2D eigenvalue weighted by molar-refractivity contribution is 0.0690. The molecule has 1 saturated heterocycles. The molecule has 4 aromatic rings. The Morgan fingerprint density at radius 3 is 2.47 bits per heavy atom. The fourth-order valence-corrected chi connectivity index (χ4v) is 8.03. The summed E-state index contributed by atoms with van der Waals surface area (Å²) in [6.07, 6.45) is 16.5. The van der Waals surface area contributed by atoms with Gasteiger partial charge in [0, 0.05) is 59.7 Å². The molecular weight excluding hydrogens is 611 g/mol. The van der Waals surface area contributed by atoms with Crippen LogP contribution in [0.1, 0.15) is 91.9 Å². The second-order valence-electron chi connectivity index (χ2n) is 13.2. The maximum absolute atomic E-state index is 11.8. The number of nitrogens with zero attached hydrogens (tertiary/aromatic N) is 4. The normalized spacial score (nSPS) is 19.7. The molecule has 1 spiro atoms. The van der Waals surface area contributed by atoms with E-state index in [9.17, 15) is 9.90 Å². The summed E-state index contributed by atoms with van der Waals surface area (Å²) < 4.78 is 12.2. The van der Waals surface area contributed by atoms with Crippen LogP contribution < -0.4 is 9.64 Å². The van der Waals surface area contributed by atoms with Gasteiger partial charge in [-0.25, -0.2) is 9.78 Å². The first-order valence-corrected chi connectivity index (χ1v) is 16.7. The third kappa shape index (κ3) is 5.46. The predicted octanol–water partition coefficient (Wildman–Crippen LogP) is 8.95. The Bertz CT molecular complexity index is 1800. The van der Waals surface area contributed by atoms with Crippen LogP contribution in [0, 0.1) is 5.41 Å². The Kier molecular flexibility index (Phi) is 7.25. The lowest BCUT2D eigenvalue weighted by atomic mass is 9.60. The molecule has 4 heterocycles. The van der Waals surface area contributed by atoms with E-state index in [1.54, 1.807) is 18.5 Å². The molecular formula is C35H34Cl2N4O4. The molecule has 10 heteroatoms. The number of ether oxygens (including phenoxy) is 1.